The zero-order valence-corrected chi connectivity index (χ0v) is 19.3. The van der Waals surface area contributed by atoms with Crippen LogP contribution >= 0.6 is 23.1 Å². The van der Waals surface area contributed by atoms with Crippen LogP contribution in [-0.4, -0.2) is 54.8 Å². The predicted molar refractivity (Wildman–Crippen MR) is 126 cm³/mol. The second-order valence-corrected chi connectivity index (χ2v) is 9.66. The Kier molecular flexibility index (Phi) is 6.49. The van der Waals surface area contributed by atoms with Crippen molar-refractivity contribution in [3.8, 4) is 5.75 Å². The molecule has 1 aliphatic heterocycles. The van der Waals surface area contributed by atoms with Gasteiger partial charge in [-0.15, -0.1) is 11.8 Å². The molecular formula is C23H27N3O2S2. The van der Waals surface area contributed by atoms with Crippen molar-refractivity contribution in [1.29, 1.82) is 0 Å². The number of thiazole rings is 1. The third-order valence-electron chi connectivity index (χ3n) is 5.48. The molecule has 0 radical (unpaired) electrons. The van der Waals surface area contributed by atoms with E-state index in [0.717, 1.165) is 53.2 Å². The summed E-state index contributed by atoms with van der Waals surface area (Å²) in [6.45, 7) is 7.47. The first kappa shape index (κ1) is 21.0. The van der Waals surface area contributed by atoms with Crippen LogP contribution in [0, 0.1) is 13.8 Å². The van der Waals surface area contributed by atoms with Gasteiger partial charge in [-0.2, -0.15) is 0 Å². The molecule has 2 heterocycles. The summed E-state index contributed by atoms with van der Waals surface area (Å²) in [5.74, 6) is 1.89. The van der Waals surface area contributed by atoms with Gasteiger partial charge in [-0.05, 0) is 49.2 Å². The minimum absolute atomic E-state index is 0.242. The van der Waals surface area contributed by atoms with Gasteiger partial charge in [0.25, 0.3) is 0 Å². The van der Waals surface area contributed by atoms with Gasteiger partial charge in [0.1, 0.15) is 5.75 Å². The molecule has 0 unspecified atom stereocenters. The molecule has 1 saturated heterocycles. The summed E-state index contributed by atoms with van der Waals surface area (Å²) in [7, 11) is 1.67. The van der Waals surface area contributed by atoms with Crippen molar-refractivity contribution in [3.05, 3.63) is 47.5 Å². The lowest BCUT2D eigenvalue weighted by molar-refractivity contribution is -0.131. The van der Waals surface area contributed by atoms with Crippen LogP contribution in [0.2, 0.25) is 0 Å². The third kappa shape index (κ3) is 4.57. The number of carbonyl (C=O) groups is 1. The zero-order valence-electron chi connectivity index (χ0n) is 17.7. The number of hydrogen-bond acceptors (Lipinski definition) is 6. The summed E-state index contributed by atoms with van der Waals surface area (Å²) in [5, 5.41) is 1.07. The van der Waals surface area contributed by atoms with Crippen LogP contribution in [0.5, 0.6) is 5.75 Å². The molecule has 0 saturated carbocycles. The molecule has 5 nitrogen and oxygen atoms in total. The molecule has 4 rings (SSSR count). The van der Waals surface area contributed by atoms with Crippen LogP contribution in [0.1, 0.15) is 17.5 Å². The number of ether oxygens (including phenoxy) is 1. The lowest BCUT2D eigenvalue weighted by Crippen LogP contribution is -2.48. The highest BCUT2D eigenvalue weighted by atomic mass is 32.2. The molecule has 0 aliphatic carbocycles. The number of piperazine rings is 1. The number of methoxy groups -OCH3 is 1. The summed E-state index contributed by atoms with van der Waals surface area (Å²) in [5.41, 5.74) is 3.62. The van der Waals surface area contributed by atoms with E-state index in [4.69, 9.17) is 9.72 Å². The van der Waals surface area contributed by atoms with E-state index in [1.165, 1.54) is 15.8 Å². The molecule has 3 aromatic rings. The van der Waals surface area contributed by atoms with E-state index in [1.54, 1.807) is 30.2 Å². The second kappa shape index (κ2) is 9.27. The van der Waals surface area contributed by atoms with E-state index in [-0.39, 0.29) is 5.91 Å². The van der Waals surface area contributed by atoms with Gasteiger partial charge < -0.3 is 14.5 Å². The van der Waals surface area contributed by atoms with Gasteiger partial charge in [0.15, 0.2) is 5.13 Å². The fourth-order valence-corrected chi connectivity index (χ4v) is 5.62. The Morgan fingerprint density at radius 1 is 1.07 bits per heavy atom. The largest absolute Gasteiger partial charge is 0.497 e. The van der Waals surface area contributed by atoms with Crippen molar-refractivity contribution in [2.24, 2.45) is 0 Å². The van der Waals surface area contributed by atoms with Crippen molar-refractivity contribution in [2.75, 3.05) is 43.9 Å². The SMILES string of the molecule is COc1ccc(SCCC(=O)N2CCN(c3nc4c(C)ccc(C)c4s3)CC2)cc1. The summed E-state index contributed by atoms with van der Waals surface area (Å²) < 4.78 is 6.46. The number of thioether (sulfide) groups is 1. The maximum Gasteiger partial charge on any atom is 0.223 e. The molecule has 1 aliphatic rings. The highest BCUT2D eigenvalue weighted by Crippen LogP contribution is 2.33. The fourth-order valence-electron chi connectivity index (χ4n) is 3.62. The fraction of sp³-hybridized carbons (Fsp3) is 0.391. The van der Waals surface area contributed by atoms with E-state index in [1.807, 2.05) is 29.2 Å². The van der Waals surface area contributed by atoms with Crippen molar-refractivity contribution < 1.29 is 9.53 Å². The minimum atomic E-state index is 0.242. The first-order valence-corrected chi connectivity index (χ1v) is 12.0. The first-order chi connectivity index (χ1) is 14.5. The Bertz CT molecular complexity index is 986. The van der Waals surface area contributed by atoms with E-state index in [2.05, 4.69) is 30.9 Å². The first-order valence-electron chi connectivity index (χ1n) is 10.2. The molecule has 158 valence electrons. The standard InChI is InChI=1S/C23H27N3O2S2/c1-16-4-5-17(2)22-21(16)24-23(30-22)26-13-11-25(12-14-26)20(27)10-15-29-19-8-6-18(28-3)7-9-19/h4-9H,10-15H2,1-3H3. The van der Waals surface area contributed by atoms with Crippen LogP contribution in [0.25, 0.3) is 10.2 Å². The zero-order chi connectivity index (χ0) is 21.1. The summed E-state index contributed by atoms with van der Waals surface area (Å²) in [6, 6.07) is 12.3. The van der Waals surface area contributed by atoms with Crippen molar-refractivity contribution in [3.63, 3.8) is 0 Å². The van der Waals surface area contributed by atoms with Crippen LogP contribution in [0.4, 0.5) is 5.13 Å². The van der Waals surface area contributed by atoms with Gasteiger partial charge in [-0.25, -0.2) is 4.98 Å². The average Bonchev–Trinajstić information content (AvgIpc) is 3.24. The van der Waals surface area contributed by atoms with Gasteiger partial charge in [0.05, 0.1) is 17.3 Å². The number of aryl methyl sites for hydroxylation is 2. The quantitative estimate of drug-likeness (QED) is 0.517. The Morgan fingerprint density at radius 3 is 2.43 bits per heavy atom. The molecule has 1 fully saturated rings. The normalized spacial score (nSPS) is 14.4. The Balaban J connectivity index is 1.28. The van der Waals surface area contributed by atoms with Gasteiger partial charge >= 0.3 is 0 Å². The van der Waals surface area contributed by atoms with Gasteiger partial charge in [-0.3, -0.25) is 4.79 Å². The average molecular weight is 442 g/mol. The maximum absolute atomic E-state index is 12.6. The van der Waals surface area contributed by atoms with Crippen molar-refractivity contribution in [1.82, 2.24) is 9.88 Å². The molecule has 2 aromatic carbocycles. The number of nitrogens with zero attached hydrogens (tertiary/aromatic N) is 3. The second-order valence-electron chi connectivity index (χ2n) is 7.52. The number of rotatable bonds is 6. The lowest BCUT2D eigenvalue weighted by Gasteiger charge is -2.34. The monoisotopic (exact) mass is 441 g/mol. The van der Waals surface area contributed by atoms with Gasteiger partial charge in [-0.1, -0.05) is 23.5 Å². The van der Waals surface area contributed by atoms with E-state index >= 15 is 0 Å². The van der Waals surface area contributed by atoms with Crippen molar-refractivity contribution in [2.45, 2.75) is 25.2 Å². The number of amides is 1. The lowest BCUT2D eigenvalue weighted by atomic mass is 10.1. The Morgan fingerprint density at radius 2 is 1.77 bits per heavy atom. The topological polar surface area (TPSA) is 45.7 Å². The van der Waals surface area contributed by atoms with Crippen LogP contribution in [-0.2, 0) is 4.79 Å². The molecular weight excluding hydrogens is 414 g/mol. The van der Waals surface area contributed by atoms with Crippen LogP contribution in [0.15, 0.2) is 41.3 Å². The number of carbonyl (C=O) groups excluding carboxylic acids is 1. The minimum Gasteiger partial charge on any atom is -0.497 e. The maximum atomic E-state index is 12.6. The molecule has 1 amide bonds. The Labute approximate surface area is 186 Å². The number of benzene rings is 2. The van der Waals surface area contributed by atoms with E-state index in [9.17, 15) is 4.79 Å². The molecule has 0 N–H and O–H groups in total. The number of anilines is 1. The molecule has 0 spiro atoms. The summed E-state index contributed by atoms with van der Waals surface area (Å²) in [6.07, 6.45) is 0.566. The summed E-state index contributed by atoms with van der Waals surface area (Å²) >= 11 is 3.48. The van der Waals surface area contributed by atoms with Crippen LogP contribution < -0.4 is 9.64 Å². The van der Waals surface area contributed by atoms with E-state index in [0.29, 0.717) is 6.42 Å². The Hall–Kier alpha value is -2.25. The number of aromatic nitrogens is 1. The van der Waals surface area contributed by atoms with Gasteiger partial charge in [0.2, 0.25) is 5.91 Å². The molecule has 30 heavy (non-hydrogen) atoms. The summed E-state index contributed by atoms with van der Waals surface area (Å²) in [4.78, 5) is 23.0. The highest BCUT2D eigenvalue weighted by molar-refractivity contribution is 7.99. The molecule has 7 heteroatoms. The smallest absolute Gasteiger partial charge is 0.223 e. The number of hydrogen-bond donors (Lipinski definition) is 0. The molecule has 0 bridgehead atoms. The molecule has 1 aromatic heterocycles. The number of fused-ring (bicyclic) bond motifs is 1. The van der Waals surface area contributed by atoms with E-state index < -0.39 is 0 Å². The predicted octanol–water partition coefficient (Wildman–Crippen LogP) is 4.75. The van der Waals surface area contributed by atoms with Crippen LogP contribution in [0.3, 0.4) is 0 Å². The van der Waals surface area contributed by atoms with Gasteiger partial charge in [0, 0.05) is 43.2 Å². The molecule has 0 atom stereocenters. The van der Waals surface area contributed by atoms with Crippen molar-refractivity contribution >= 4 is 44.4 Å². The highest BCUT2D eigenvalue weighted by Gasteiger charge is 2.23. The third-order valence-corrected chi connectivity index (χ3v) is 7.74.